The number of amides is 1. The second kappa shape index (κ2) is 8.58. The number of hydrogen-bond acceptors (Lipinski definition) is 4. The van der Waals surface area contributed by atoms with Crippen molar-refractivity contribution in [2.24, 2.45) is 0 Å². The van der Waals surface area contributed by atoms with E-state index in [1.54, 1.807) is 20.7 Å². The standard InChI is InChI=1S/C21H19ClF3N5O/c22-18-11-16(21(23,24)25)13-26-20(18)29-8-6-28(7-9-29)19(31)10-15-12-27-30(14-15)17-4-2-1-3-5-17/h1-5,11-14H,6-10H2. The van der Waals surface area contributed by atoms with Gasteiger partial charge in [0.25, 0.3) is 0 Å². The number of rotatable bonds is 4. The van der Waals surface area contributed by atoms with E-state index >= 15 is 0 Å². The fourth-order valence-corrected chi connectivity index (χ4v) is 3.73. The first-order valence-corrected chi connectivity index (χ1v) is 10.0. The largest absolute Gasteiger partial charge is 0.417 e. The van der Waals surface area contributed by atoms with E-state index < -0.39 is 11.7 Å². The highest BCUT2D eigenvalue weighted by molar-refractivity contribution is 6.33. The smallest absolute Gasteiger partial charge is 0.352 e. The van der Waals surface area contributed by atoms with Crippen molar-refractivity contribution in [3.05, 3.63) is 71.1 Å². The fourth-order valence-electron chi connectivity index (χ4n) is 3.45. The maximum Gasteiger partial charge on any atom is 0.417 e. The first-order valence-electron chi connectivity index (χ1n) is 9.66. The maximum atomic E-state index is 12.8. The number of hydrogen-bond donors (Lipinski definition) is 0. The number of carbonyl (C=O) groups is 1. The molecule has 0 unspecified atom stereocenters. The molecule has 1 fully saturated rings. The van der Waals surface area contributed by atoms with Crippen LogP contribution in [0.5, 0.6) is 0 Å². The normalized spacial score (nSPS) is 14.7. The highest BCUT2D eigenvalue weighted by Crippen LogP contribution is 2.33. The number of carbonyl (C=O) groups excluding carboxylic acids is 1. The van der Waals surface area contributed by atoms with Crippen molar-refractivity contribution in [3.8, 4) is 5.69 Å². The van der Waals surface area contributed by atoms with Gasteiger partial charge in [-0.3, -0.25) is 4.79 Å². The number of nitrogens with zero attached hydrogens (tertiary/aromatic N) is 5. The molecule has 0 saturated carbocycles. The molecule has 3 aromatic rings. The zero-order valence-corrected chi connectivity index (χ0v) is 17.1. The van der Waals surface area contributed by atoms with Gasteiger partial charge in [-0.15, -0.1) is 0 Å². The Kier molecular flexibility index (Phi) is 5.86. The third-order valence-electron chi connectivity index (χ3n) is 5.09. The van der Waals surface area contributed by atoms with Crippen molar-refractivity contribution in [2.45, 2.75) is 12.6 Å². The van der Waals surface area contributed by atoms with Gasteiger partial charge in [-0.1, -0.05) is 29.8 Å². The van der Waals surface area contributed by atoms with Gasteiger partial charge in [0.15, 0.2) is 0 Å². The number of alkyl halides is 3. The van der Waals surface area contributed by atoms with E-state index in [9.17, 15) is 18.0 Å². The van der Waals surface area contributed by atoms with E-state index in [2.05, 4.69) is 10.1 Å². The van der Waals surface area contributed by atoms with Gasteiger partial charge in [-0.2, -0.15) is 18.3 Å². The molecule has 162 valence electrons. The van der Waals surface area contributed by atoms with Crippen molar-refractivity contribution in [2.75, 3.05) is 31.1 Å². The molecule has 1 aromatic carbocycles. The Balaban J connectivity index is 1.35. The molecular weight excluding hydrogens is 431 g/mol. The van der Waals surface area contributed by atoms with Crippen LogP contribution in [0, 0.1) is 0 Å². The van der Waals surface area contributed by atoms with Crippen LogP contribution in [0.1, 0.15) is 11.1 Å². The first-order chi connectivity index (χ1) is 14.8. The molecule has 1 aliphatic rings. The first kappa shape index (κ1) is 21.2. The summed E-state index contributed by atoms with van der Waals surface area (Å²) < 4.78 is 40.1. The van der Waals surface area contributed by atoms with E-state index in [4.69, 9.17) is 11.6 Å². The quantitative estimate of drug-likeness (QED) is 0.607. The molecular formula is C21H19ClF3N5O. The van der Waals surface area contributed by atoms with Gasteiger partial charge < -0.3 is 9.80 Å². The summed E-state index contributed by atoms with van der Waals surface area (Å²) in [5.74, 6) is 0.268. The predicted octanol–water partition coefficient (Wildman–Crippen LogP) is 3.83. The molecule has 6 nitrogen and oxygen atoms in total. The Morgan fingerprint density at radius 1 is 1.06 bits per heavy atom. The lowest BCUT2D eigenvalue weighted by Gasteiger charge is -2.35. The Morgan fingerprint density at radius 2 is 1.77 bits per heavy atom. The molecule has 1 saturated heterocycles. The molecule has 0 bridgehead atoms. The summed E-state index contributed by atoms with van der Waals surface area (Å²) >= 11 is 6.03. The molecule has 2 aromatic heterocycles. The molecule has 10 heteroatoms. The lowest BCUT2D eigenvalue weighted by atomic mass is 10.2. The number of benzene rings is 1. The molecule has 3 heterocycles. The van der Waals surface area contributed by atoms with Crippen LogP contribution in [0.2, 0.25) is 5.02 Å². The highest BCUT2D eigenvalue weighted by Gasteiger charge is 2.32. The topological polar surface area (TPSA) is 54.3 Å². The Labute approximate surface area is 181 Å². The van der Waals surface area contributed by atoms with Gasteiger partial charge in [-0.05, 0) is 23.8 Å². The highest BCUT2D eigenvalue weighted by atomic mass is 35.5. The van der Waals surface area contributed by atoms with Gasteiger partial charge in [0, 0.05) is 38.6 Å². The van der Waals surface area contributed by atoms with Crippen LogP contribution in [0.3, 0.4) is 0 Å². The number of pyridine rings is 1. The SMILES string of the molecule is O=C(Cc1cnn(-c2ccccc2)c1)N1CCN(c2ncc(C(F)(F)F)cc2Cl)CC1. The summed E-state index contributed by atoms with van der Waals surface area (Å²) in [5, 5.41) is 4.25. The molecule has 1 aliphatic heterocycles. The lowest BCUT2D eigenvalue weighted by Crippen LogP contribution is -2.49. The second-order valence-corrected chi connectivity index (χ2v) is 7.61. The minimum absolute atomic E-state index is 0.0289. The molecule has 0 aliphatic carbocycles. The van der Waals surface area contributed by atoms with E-state index in [1.807, 2.05) is 36.5 Å². The molecule has 0 radical (unpaired) electrons. The van der Waals surface area contributed by atoms with Gasteiger partial charge in [0.05, 0.1) is 28.9 Å². The molecule has 1 amide bonds. The van der Waals surface area contributed by atoms with E-state index in [0.29, 0.717) is 32.0 Å². The number of aromatic nitrogens is 3. The van der Waals surface area contributed by atoms with E-state index in [0.717, 1.165) is 23.5 Å². The van der Waals surface area contributed by atoms with Gasteiger partial charge in [0.2, 0.25) is 5.91 Å². The summed E-state index contributed by atoms with van der Waals surface area (Å²) in [5.41, 5.74) is 0.838. The summed E-state index contributed by atoms with van der Waals surface area (Å²) in [6.45, 7) is 1.75. The number of halogens is 4. The van der Waals surface area contributed by atoms with E-state index in [-0.39, 0.29) is 17.4 Å². The molecule has 0 spiro atoms. The third-order valence-corrected chi connectivity index (χ3v) is 5.37. The number of piperazine rings is 1. The zero-order chi connectivity index (χ0) is 22.0. The molecule has 0 N–H and O–H groups in total. The molecule has 0 atom stereocenters. The van der Waals surface area contributed by atoms with Gasteiger partial charge in [0.1, 0.15) is 5.82 Å². The molecule has 4 rings (SSSR count). The van der Waals surface area contributed by atoms with Crippen LogP contribution in [0.4, 0.5) is 19.0 Å². The second-order valence-electron chi connectivity index (χ2n) is 7.20. The van der Waals surface area contributed by atoms with Gasteiger partial charge >= 0.3 is 6.18 Å². The number of anilines is 1. The van der Waals surface area contributed by atoms with Crippen molar-refractivity contribution in [1.82, 2.24) is 19.7 Å². The summed E-state index contributed by atoms with van der Waals surface area (Å²) in [6.07, 6.45) is 0.0201. The maximum absolute atomic E-state index is 12.8. The van der Waals surface area contributed by atoms with Crippen LogP contribution in [-0.4, -0.2) is 51.8 Å². The van der Waals surface area contributed by atoms with Crippen LogP contribution < -0.4 is 4.90 Å². The number of para-hydroxylation sites is 1. The average Bonchev–Trinajstić information content (AvgIpc) is 3.22. The summed E-state index contributed by atoms with van der Waals surface area (Å²) in [7, 11) is 0. The van der Waals surface area contributed by atoms with Crippen LogP contribution >= 0.6 is 11.6 Å². The average molecular weight is 450 g/mol. The third kappa shape index (κ3) is 4.82. The monoisotopic (exact) mass is 449 g/mol. The zero-order valence-electron chi connectivity index (χ0n) is 16.4. The summed E-state index contributed by atoms with van der Waals surface area (Å²) in [6, 6.07) is 10.5. The van der Waals surface area contributed by atoms with Crippen molar-refractivity contribution < 1.29 is 18.0 Å². The van der Waals surface area contributed by atoms with Crippen molar-refractivity contribution in [3.63, 3.8) is 0 Å². The molecule has 31 heavy (non-hydrogen) atoms. The van der Waals surface area contributed by atoms with Crippen molar-refractivity contribution in [1.29, 1.82) is 0 Å². The van der Waals surface area contributed by atoms with E-state index in [1.165, 1.54) is 0 Å². The predicted molar refractivity (Wildman–Crippen MR) is 110 cm³/mol. The lowest BCUT2D eigenvalue weighted by molar-refractivity contribution is -0.137. The van der Waals surface area contributed by atoms with Crippen LogP contribution in [0.25, 0.3) is 5.69 Å². The van der Waals surface area contributed by atoms with Gasteiger partial charge in [-0.25, -0.2) is 9.67 Å². The fraction of sp³-hybridized carbons (Fsp3) is 0.286. The Hall–Kier alpha value is -3.07. The Bertz CT molecular complexity index is 1060. The van der Waals surface area contributed by atoms with Crippen LogP contribution in [0.15, 0.2) is 55.0 Å². The minimum Gasteiger partial charge on any atom is -0.352 e. The van der Waals surface area contributed by atoms with Crippen LogP contribution in [-0.2, 0) is 17.4 Å². The minimum atomic E-state index is -4.49. The summed E-state index contributed by atoms with van der Waals surface area (Å²) in [4.78, 5) is 20.1. The Morgan fingerprint density at radius 3 is 2.42 bits per heavy atom. The van der Waals surface area contributed by atoms with Crippen molar-refractivity contribution >= 4 is 23.3 Å².